The van der Waals surface area contributed by atoms with Crippen molar-refractivity contribution in [1.82, 2.24) is 0 Å². The van der Waals surface area contributed by atoms with Crippen molar-refractivity contribution in [3.63, 3.8) is 0 Å². The molecule has 0 saturated carbocycles. The summed E-state index contributed by atoms with van der Waals surface area (Å²) >= 11 is 0. The fraction of sp³-hybridized carbons (Fsp3) is 1.00. The smallest absolute Gasteiger partial charge is 0.306 e. The van der Waals surface area contributed by atoms with Crippen LogP contribution in [0.15, 0.2) is 0 Å². The summed E-state index contributed by atoms with van der Waals surface area (Å²) in [6.45, 7) is 9.70. The van der Waals surface area contributed by atoms with Crippen LogP contribution in [-0.4, -0.2) is 35.5 Å². The van der Waals surface area contributed by atoms with Gasteiger partial charge in [-0.1, -0.05) is 130 Å². The molecule has 0 bridgehead atoms. The first-order chi connectivity index (χ1) is 15.5. The molecule has 4 heteroatoms. The lowest BCUT2D eigenvalue weighted by Gasteiger charge is -2.34. The molecule has 2 N–H and O–H groups in total. The van der Waals surface area contributed by atoms with Crippen LogP contribution in [0.5, 0.6) is 0 Å². The largest absolute Gasteiger partial charge is 0.369 e. The molecule has 0 aliphatic carbocycles. The zero-order chi connectivity index (χ0) is 23.9. The van der Waals surface area contributed by atoms with Crippen molar-refractivity contribution >= 4 is 0 Å². The number of hydrogen-bond donors (Lipinski definition) is 2. The van der Waals surface area contributed by atoms with Crippen LogP contribution in [0.25, 0.3) is 0 Å². The van der Waals surface area contributed by atoms with Crippen LogP contribution in [0, 0.1) is 5.92 Å². The molecule has 194 valence electrons. The van der Waals surface area contributed by atoms with Crippen molar-refractivity contribution in [3.8, 4) is 0 Å². The van der Waals surface area contributed by atoms with Crippen molar-refractivity contribution in [2.24, 2.45) is 5.92 Å². The fourth-order valence-corrected chi connectivity index (χ4v) is 4.32. The Hall–Kier alpha value is -0.160. The Kier molecular flexibility index (Phi) is 22.5. The lowest BCUT2D eigenvalue weighted by atomic mass is 9.95. The topological polar surface area (TPSA) is 58.9 Å². The van der Waals surface area contributed by atoms with Gasteiger partial charge in [-0.2, -0.15) is 0 Å². The van der Waals surface area contributed by atoms with Gasteiger partial charge in [0, 0.05) is 6.61 Å². The van der Waals surface area contributed by atoms with Gasteiger partial charge in [-0.25, -0.2) is 0 Å². The number of hydrogen-bond acceptors (Lipinski definition) is 4. The van der Waals surface area contributed by atoms with Gasteiger partial charge in [-0.15, -0.1) is 0 Å². The third kappa shape index (κ3) is 18.3. The third-order valence-corrected chi connectivity index (χ3v) is 6.51. The number of rotatable bonds is 25. The van der Waals surface area contributed by atoms with Gasteiger partial charge in [0.1, 0.15) is 6.10 Å². The van der Waals surface area contributed by atoms with Gasteiger partial charge in [-0.3, -0.25) is 0 Å². The molecular weight excluding hydrogens is 400 g/mol. The highest BCUT2D eigenvalue weighted by Gasteiger charge is 2.40. The molecule has 0 aliphatic rings. The molecule has 0 aromatic rings. The molecule has 0 aromatic carbocycles. The van der Waals surface area contributed by atoms with E-state index in [1.54, 1.807) is 0 Å². The lowest BCUT2D eigenvalue weighted by Crippen LogP contribution is -2.50. The van der Waals surface area contributed by atoms with Gasteiger partial charge in [0.15, 0.2) is 0 Å². The minimum Gasteiger partial charge on any atom is -0.369 e. The van der Waals surface area contributed by atoms with Crippen molar-refractivity contribution in [1.29, 1.82) is 0 Å². The van der Waals surface area contributed by atoms with Crippen LogP contribution in [0.1, 0.15) is 150 Å². The maximum absolute atomic E-state index is 10.7. The Balaban J connectivity index is 4.45. The quantitative estimate of drug-likeness (QED) is 0.107. The number of unbranched alkanes of at least 4 members (excludes halogenated alkanes) is 15. The van der Waals surface area contributed by atoms with Gasteiger partial charge in [0.05, 0.1) is 6.61 Å². The highest BCUT2D eigenvalue weighted by Crippen LogP contribution is 2.26. The molecule has 2 atom stereocenters. The standard InChI is InChI=1S/C28H58O4/c1-5-8-11-14-17-20-23-26(4)27(31-24-21-18-15-12-9-6-2)28(29,30)32-25-22-19-16-13-10-7-3/h26-27,29-30H,5-25H2,1-4H3. The van der Waals surface area contributed by atoms with E-state index in [0.29, 0.717) is 13.2 Å². The molecule has 32 heavy (non-hydrogen) atoms. The minimum absolute atomic E-state index is 0.0563. The van der Waals surface area contributed by atoms with Crippen LogP contribution in [-0.2, 0) is 9.47 Å². The highest BCUT2D eigenvalue weighted by atomic mass is 16.8. The monoisotopic (exact) mass is 458 g/mol. The molecule has 0 aliphatic heterocycles. The van der Waals surface area contributed by atoms with Gasteiger partial charge in [0.25, 0.3) is 0 Å². The summed E-state index contributed by atoms with van der Waals surface area (Å²) < 4.78 is 11.6. The molecule has 0 radical (unpaired) electrons. The predicted octanol–water partition coefficient (Wildman–Crippen LogP) is 8.13. The average Bonchev–Trinajstić information content (AvgIpc) is 2.77. The number of ether oxygens (including phenoxy) is 2. The van der Waals surface area contributed by atoms with E-state index in [1.807, 2.05) is 0 Å². The Bertz CT molecular complexity index is 372. The minimum atomic E-state index is -2.20. The normalized spacial score (nSPS) is 14.1. The Morgan fingerprint density at radius 3 is 1.47 bits per heavy atom. The third-order valence-electron chi connectivity index (χ3n) is 6.51. The second kappa shape index (κ2) is 22.6. The van der Waals surface area contributed by atoms with E-state index in [1.165, 1.54) is 83.5 Å². The second-order valence-corrected chi connectivity index (χ2v) is 9.87. The molecule has 0 rings (SSSR count). The summed E-state index contributed by atoms with van der Waals surface area (Å²) in [4.78, 5) is 0. The number of aliphatic hydroxyl groups is 2. The molecule has 0 saturated heterocycles. The van der Waals surface area contributed by atoms with Gasteiger partial charge >= 0.3 is 5.97 Å². The van der Waals surface area contributed by atoms with E-state index in [-0.39, 0.29) is 5.92 Å². The van der Waals surface area contributed by atoms with Crippen LogP contribution in [0.4, 0.5) is 0 Å². The summed E-state index contributed by atoms with van der Waals surface area (Å²) in [5.41, 5.74) is 0. The lowest BCUT2D eigenvalue weighted by molar-refractivity contribution is -0.389. The first-order valence-corrected chi connectivity index (χ1v) is 14.2. The summed E-state index contributed by atoms with van der Waals surface area (Å²) in [5.74, 6) is -2.14. The van der Waals surface area contributed by atoms with Gasteiger partial charge < -0.3 is 19.7 Å². The molecule has 0 spiro atoms. The van der Waals surface area contributed by atoms with Crippen LogP contribution in [0.3, 0.4) is 0 Å². The molecule has 2 unspecified atom stereocenters. The molecule has 0 amide bonds. The molecule has 0 heterocycles. The Morgan fingerprint density at radius 2 is 0.969 bits per heavy atom. The first kappa shape index (κ1) is 31.8. The van der Waals surface area contributed by atoms with E-state index in [0.717, 1.165) is 38.5 Å². The molecular formula is C28H58O4. The summed E-state index contributed by atoms with van der Waals surface area (Å²) in [6.07, 6.45) is 21.8. The molecule has 0 aromatic heterocycles. The van der Waals surface area contributed by atoms with Gasteiger partial charge in [-0.05, 0) is 25.2 Å². The van der Waals surface area contributed by atoms with E-state index < -0.39 is 12.1 Å². The first-order valence-electron chi connectivity index (χ1n) is 14.2. The SMILES string of the molecule is CCCCCCCCOC(C(C)CCCCCCCC)C(O)(O)OCCCCCCCC. The predicted molar refractivity (Wildman–Crippen MR) is 137 cm³/mol. The zero-order valence-corrected chi connectivity index (χ0v) is 22.2. The second-order valence-electron chi connectivity index (χ2n) is 9.87. The maximum atomic E-state index is 10.7. The maximum Gasteiger partial charge on any atom is 0.306 e. The van der Waals surface area contributed by atoms with Crippen molar-refractivity contribution < 1.29 is 19.7 Å². The highest BCUT2D eigenvalue weighted by molar-refractivity contribution is 4.75. The van der Waals surface area contributed by atoms with Crippen LogP contribution >= 0.6 is 0 Å². The molecule has 0 fully saturated rings. The van der Waals surface area contributed by atoms with Crippen molar-refractivity contribution in [2.75, 3.05) is 13.2 Å². The Labute approximate surface area is 200 Å². The van der Waals surface area contributed by atoms with Gasteiger partial charge in [0.2, 0.25) is 0 Å². The van der Waals surface area contributed by atoms with Crippen LogP contribution < -0.4 is 0 Å². The summed E-state index contributed by atoms with van der Waals surface area (Å²) in [6, 6.07) is 0. The van der Waals surface area contributed by atoms with E-state index >= 15 is 0 Å². The average molecular weight is 459 g/mol. The zero-order valence-electron chi connectivity index (χ0n) is 22.2. The summed E-state index contributed by atoms with van der Waals surface area (Å²) in [5, 5.41) is 21.5. The fourth-order valence-electron chi connectivity index (χ4n) is 4.32. The van der Waals surface area contributed by atoms with Crippen molar-refractivity contribution in [2.45, 2.75) is 162 Å². The summed E-state index contributed by atoms with van der Waals surface area (Å²) in [7, 11) is 0. The van der Waals surface area contributed by atoms with Crippen molar-refractivity contribution in [3.05, 3.63) is 0 Å². The van der Waals surface area contributed by atoms with Crippen LogP contribution in [0.2, 0.25) is 0 Å². The van der Waals surface area contributed by atoms with E-state index in [4.69, 9.17) is 9.47 Å². The van der Waals surface area contributed by atoms with E-state index in [9.17, 15) is 10.2 Å². The molecule has 4 nitrogen and oxygen atoms in total. The Morgan fingerprint density at radius 1 is 0.562 bits per heavy atom. The van der Waals surface area contributed by atoms with E-state index in [2.05, 4.69) is 27.7 Å².